The Balaban J connectivity index is 2.54. The summed E-state index contributed by atoms with van der Waals surface area (Å²) in [6.45, 7) is 9.24. The van der Waals surface area contributed by atoms with E-state index >= 15 is 0 Å². The van der Waals surface area contributed by atoms with Crippen LogP contribution >= 0.6 is 0 Å². The van der Waals surface area contributed by atoms with Gasteiger partial charge in [0.2, 0.25) is 0 Å². The number of unbranched alkanes of at least 4 members (excludes halogenated alkanes) is 36. The van der Waals surface area contributed by atoms with Crippen molar-refractivity contribution in [1.82, 2.24) is 9.97 Å². The van der Waals surface area contributed by atoms with Crippen LogP contribution in [0.15, 0.2) is 0 Å². The second-order valence-corrected chi connectivity index (χ2v) is 17.7. The van der Waals surface area contributed by atoms with Gasteiger partial charge < -0.3 is 0 Å². The number of aromatic nitrogens is 2. The molecule has 0 radical (unpaired) electrons. The highest BCUT2D eigenvalue weighted by Crippen LogP contribution is 2.23. The van der Waals surface area contributed by atoms with Crippen molar-refractivity contribution < 1.29 is 0 Å². The highest BCUT2D eigenvalue weighted by atomic mass is 14.9. The minimum absolute atomic E-state index is 1.04. The number of aryl methyl sites for hydroxylation is 3. The Bertz CT molecular complexity index is 826. The summed E-state index contributed by atoms with van der Waals surface area (Å²) in [5.74, 6) is 1.14. The second kappa shape index (κ2) is 41.7. The van der Waals surface area contributed by atoms with Crippen LogP contribution in [0.3, 0.4) is 0 Å². The number of hydrogen-bond acceptors (Lipinski definition) is 2. The molecule has 1 aromatic rings. The Labute approximate surface area is 341 Å². The van der Waals surface area contributed by atoms with Gasteiger partial charge in [-0.05, 0) is 50.5 Å². The van der Waals surface area contributed by atoms with E-state index in [-0.39, 0.29) is 0 Å². The number of rotatable bonds is 44. The molecule has 0 atom stereocenters. The van der Waals surface area contributed by atoms with E-state index in [2.05, 4.69) is 27.7 Å². The van der Waals surface area contributed by atoms with Gasteiger partial charge in [0, 0.05) is 17.8 Å². The molecule has 2 heteroatoms. The first-order chi connectivity index (χ1) is 26.8. The topological polar surface area (TPSA) is 25.8 Å². The van der Waals surface area contributed by atoms with Crippen molar-refractivity contribution >= 4 is 0 Å². The maximum atomic E-state index is 5.30. The van der Waals surface area contributed by atoms with Gasteiger partial charge in [0.1, 0.15) is 5.82 Å². The zero-order chi connectivity index (χ0) is 38.8. The standard InChI is InChI=1S/C52H100N2/c1-5-9-12-15-18-21-24-27-30-33-36-39-42-46-49-50(47-43-40-37-34-31-28-25-22-19-16-13-10-6-2)53-52(45-8-4)54-51(49)48-44-41-38-35-32-29-26-23-20-17-14-11-7-3/h5-48H2,1-4H3. The molecule has 2 nitrogen and oxygen atoms in total. The molecule has 0 spiro atoms. The second-order valence-electron chi connectivity index (χ2n) is 17.7. The summed E-state index contributed by atoms with van der Waals surface area (Å²) in [6.07, 6.45) is 61.2. The zero-order valence-electron chi connectivity index (χ0n) is 38.0. The summed E-state index contributed by atoms with van der Waals surface area (Å²) in [7, 11) is 0. The molecule has 1 aromatic heterocycles. The summed E-state index contributed by atoms with van der Waals surface area (Å²) < 4.78 is 0. The van der Waals surface area contributed by atoms with E-state index in [0.29, 0.717) is 0 Å². The SMILES string of the molecule is CCCCCCCCCCCCCCCc1nc(CCC)nc(CCCCCCCCCCCCCCC)c1CCCCCCCCCCCCCCC. The average molecular weight is 753 g/mol. The maximum absolute atomic E-state index is 5.30. The minimum Gasteiger partial charge on any atom is -0.238 e. The van der Waals surface area contributed by atoms with Gasteiger partial charge in [-0.15, -0.1) is 0 Å². The lowest BCUT2D eigenvalue weighted by Crippen LogP contribution is -2.11. The minimum atomic E-state index is 1.04. The molecule has 0 saturated carbocycles. The van der Waals surface area contributed by atoms with Crippen LogP contribution in [0.2, 0.25) is 0 Å². The van der Waals surface area contributed by atoms with E-state index in [1.807, 2.05) is 0 Å². The van der Waals surface area contributed by atoms with Crippen molar-refractivity contribution in [3.05, 3.63) is 22.8 Å². The largest absolute Gasteiger partial charge is 0.238 e. The fourth-order valence-corrected chi connectivity index (χ4v) is 8.62. The van der Waals surface area contributed by atoms with E-state index in [1.54, 1.807) is 5.56 Å². The molecular formula is C52H100N2. The average Bonchev–Trinajstić information content (AvgIpc) is 3.18. The van der Waals surface area contributed by atoms with Gasteiger partial charge in [-0.25, -0.2) is 9.97 Å². The highest BCUT2D eigenvalue weighted by molar-refractivity contribution is 5.27. The highest BCUT2D eigenvalue weighted by Gasteiger charge is 2.14. The van der Waals surface area contributed by atoms with Crippen molar-refractivity contribution in [1.29, 1.82) is 0 Å². The van der Waals surface area contributed by atoms with Crippen LogP contribution in [-0.2, 0) is 25.7 Å². The zero-order valence-corrected chi connectivity index (χ0v) is 38.0. The van der Waals surface area contributed by atoms with Crippen LogP contribution in [0.4, 0.5) is 0 Å². The predicted molar refractivity (Wildman–Crippen MR) is 244 cm³/mol. The molecule has 318 valence electrons. The fraction of sp³-hybridized carbons (Fsp3) is 0.923. The van der Waals surface area contributed by atoms with Gasteiger partial charge >= 0.3 is 0 Å². The van der Waals surface area contributed by atoms with Gasteiger partial charge in [0.25, 0.3) is 0 Å². The predicted octanol–water partition coefficient (Wildman–Crippen LogP) is 18.3. The third-order valence-electron chi connectivity index (χ3n) is 12.3. The molecule has 1 rings (SSSR count). The quantitative estimate of drug-likeness (QED) is 0.0620. The summed E-state index contributed by atoms with van der Waals surface area (Å²) in [6, 6.07) is 0. The third-order valence-corrected chi connectivity index (χ3v) is 12.3. The monoisotopic (exact) mass is 753 g/mol. The van der Waals surface area contributed by atoms with Crippen LogP contribution in [-0.4, -0.2) is 9.97 Å². The first-order valence-corrected chi connectivity index (χ1v) is 25.6. The molecule has 0 aliphatic rings. The fourth-order valence-electron chi connectivity index (χ4n) is 8.62. The van der Waals surface area contributed by atoms with Gasteiger partial charge in [0.05, 0.1) is 0 Å². The van der Waals surface area contributed by atoms with Crippen LogP contribution in [0.25, 0.3) is 0 Å². The smallest absolute Gasteiger partial charge is 0.128 e. The Kier molecular flexibility index (Phi) is 39.5. The molecule has 0 saturated heterocycles. The van der Waals surface area contributed by atoms with Gasteiger partial charge in [0.15, 0.2) is 0 Å². The molecule has 0 N–H and O–H groups in total. The van der Waals surface area contributed by atoms with E-state index in [4.69, 9.17) is 9.97 Å². The molecule has 54 heavy (non-hydrogen) atoms. The molecule has 0 aliphatic heterocycles. The van der Waals surface area contributed by atoms with Crippen molar-refractivity contribution in [3.63, 3.8) is 0 Å². The maximum Gasteiger partial charge on any atom is 0.128 e. The summed E-state index contributed by atoms with van der Waals surface area (Å²) in [5.41, 5.74) is 4.47. The lowest BCUT2D eigenvalue weighted by Gasteiger charge is -2.16. The van der Waals surface area contributed by atoms with E-state index in [1.165, 1.54) is 281 Å². The van der Waals surface area contributed by atoms with Crippen LogP contribution in [0.5, 0.6) is 0 Å². The van der Waals surface area contributed by atoms with Crippen molar-refractivity contribution in [2.24, 2.45) is 0 Å². The summed E-state index contributed by atoms with van der Waals surface area (Å²) in [4.78, 5) is 10.6. The van der Waals surface area contributed by atoms with Crippen molar-refractivity contribution in [3.8, 4) is 0 Å². The molecule has 0 fully saturated rings. The lowest BCUT2D eigenvalue weighted by molar-refractivity contribution is 0.534. The Hall–Kier alpha value is -0.920. The van der Waals surface area contributed by atoms with Crippen LogP contribution in [0, 0.1) is 0 Å². The lowest BCUT2D eigenvalue weighted by atomic mass is 9.96. The Morgan fingerprint density at radius 2 is 0.444 bits per heavy atom. The number of nitrogens with zero attached hydrogens (tertiary/aromatic N) is 2. The van der Waals surface area contributed by atoms with Gasteiger partial charge in [-0.2, -0.15) is 0 Å². The molecule has 0 aromatic carbocycles. The number of hydrogen-bond donors (Lipinski definition) is 0. The summed E-state index contributed by atoms with van der Waals surface area (Å²) in [5, 5.41) is 0. The Morgan fingerprint density at radius 3 is 0.685 bits per heavy atom. The normalized spacial score (nSPS) is 11.6. The van der Waals surface area contributed by atoms with Crippen LogP contribution in [0.1, 0.15) is 307 Å². The summed E-state index contributed by atoms with van der Waals surface area (Å²) >= 11 is 0. The Morgan fingerprint density at radius 1 is 0.222 bits per heavy atom. The molecular weight excluding hydrogens is 653 g/mol. The molecule has 0 bridgehead atoms. The van der Waals surface area contributed by atoms with Crippen LogP contribution < -0.4 is 0 Å². The first-order valence-electron chi connectivity index (χ1n) is 25.6. The first kappa shape index (κ1) is 51.1. The molecule has 0 aliphatic carbocycles. The molecule has 0 unspecified atom stereocenters. The van der Waals surface area contributed by atoms with Gasteiger partial charge in [-0.1, -0.05) is 259 Å². The van der Waals surface area contributed by atoms with E-state index < -0.39 is 0 Å². The van der Waals surface area contributed by atoms with Crippen molar-refractivity contribution in [2.45, 2.75) is 310 Å². The van der Waals surface area contributed by atoms with Crippen molar-refractivity contribution in [2.75, 3.05) is 0 Å². The van der Waals surface area contributed by atoms with Gasteiger partial charge in [-0.3, -0.25) is 0 Å². The van der Waals surface area contributed by atoms with E-state index in [0.717, 1.165) is 18.7 Å². The third kappa shape index (κ3) is 32.2. The molecule has 0 amide bonds. The molecule has 1 heterocycles. The van der Waals surface area contributed by atoms with E-state index in [9.17, 15) is 0 Å².